The minimum absolute atomic E-state index is 0.146. The molecule has 3 atom stereocenters. The van der Waals surface area contributed by atoms with Gasteiger partial charge in [0.1, 0.15) is 0 Å². The van der Waals surface area contributed by atoms with Crippen molar-refractivity contribution in [2.45, 2.75) is 25.4 Å². The van der Waals surface area contributed by atoms with E-state index in [9.17, 15) is 9.90 Å². The first kappa shape index (κ1) is 12.5. The molecule has 4 nitrogen and oxygen atoms in total. The lowest BCUT2D eigenvalue weighted by molar-refractivity contribution is -0.129. The van der Waals surface area contributed by atoms with Gasteiger partial charge in [-0.15, -0.1) is 0 Å². The maximum Gasteiger partial charge on any atom is 0.227 e. The second-order valence-corrected chi connectivity index (χ2v) is 5.79. The number of anilines is 1. The lowest BCUT2D eigenvalue weighted by atomic mass is 10.00. The van der Waals surface area contributed by atoms with Gasteiger partial charge in [0.2, 0.25) is 5.91 Å². The first-order chi connectivity index (χ1) is 9.13. The Hall–Kier alpha value is -1.55. The summed E-state index contributed by atoms with van der Waals surface area (Å²) in [6, 6.07) is 7.48. The first-order valence-corrected chi connectivity index (χ1v) is 6.94. The molecular weight excluding hydrogens is 240 g/mol. The number of aliphatic hydroxyl groups is 1. The van der Waals surface area contributed by atoms with Crippen molar-refractivity contribution in [2.24, 2.45) is 11.8 Å². The highest BCUT2D eigenvalue weighted by Gasteiger charge is 2.43. The predicted octanol–water partition coefficient (Wildman–Crippen LogP) is 1.04. The fourth-order valence-electron chi connectivity index (χ4n) is 3.43. The summed E-state index contributed by atoms with van der Waals surface area (Å²) >= 11 is 0. The van der Waals surface area contributed by atoms with Crippen LogP contribution in [0.2, 0.25) is 0 Å². The van der Waals surface area contributed by atoms with Crippen LogP contribution < -0.4 is 5.73 Å². The number of nitrogens with two attached hydrogens (primary N) is 1. The Morgan fingerprint density at radius 2 is 2.21 bits per heavy atom. The van der Waals surface area contributed by atoms with E-state index in [-0.39, 0.29) is 12.0 Å². The topological polar surface area (TPSA) is 66.6 Å². The van der Waals surface area contributed by atoms with Crippen LogP contribution in [0, 0.1) is 11.8 Å². The lowest BCUT2D eigenvalue weighted by Crippen LogP contribution is -2.32. The third kappa shape index (κ3) is 2.45. The van der Waals surface area contributed by atoms with Crippen LogP contribution in [-0.4, -0.2) is 35.1 Å². The third-order valence-electron chi connectivity index (χ3n) is 4.48. The second-order valence-electron chi connectivity index (χ2n) is 5.79. The molecule has 1 amide bonds. The number of nitrogens with zero attached hydrogens (tertiary/aromatic N) is 1. The molecule has 0 spiro atoms. The largest absolute Gasteiger partial charge is 0.399 e. The van der Waals surface area contributed by atoms with E-state index in [0.29, 0.717) is 30.5 Å². The summed E-state index contributed by atoms with van der Waals surface area (Å²) in [5.74, 6) is 0.941. The number of aliphatic hydroxyl groups excluding tert-OH is 1. The maximum absolute atomic E-state index is 12.3. The van der Waals surface area contributed by atoms with E-state index in [1.54, 1.807) is 0 Å². The number of benzene rings is 1. The number of carbonyl (C=O) groups excluding carboxylic acids is 1. The van der Waals surface area contributed by atoms with Gasteiger partial charge < -0.3 is 15.7 Å². The third-order valence-corrected chi connectivity index (χ3v) is 4.48. The minimum Gasteiger partial charge on any atom is -0.399 e. The van der Waals surface area contributed by atoms with E-state index in [1.165, 1.54) is 0 Å². The summed E-state index contributed by atoms with van der Waals surface area (Å²) in [7, 11) is 0. The van der Waals surface area contributed by atoms with Crippen LogP contribution in [-0.2, 0) is 11.2 Å². The number of amides is 1. The van der Waals surface area contributed by atoms with Crippen LogP contribution in [0.1, 0.15) is 18.4 Å². The van der Waals surface area contributed by atoms with Gasteiger partial charge >= 0.3 is 0 Å². The summed E-state index contributed by atoms with van der Waals surface area (Å²) in [6.45, 7) is 1.52. The fourth-order valence-corrected chi connectivity index (χ4v) is 3.43. The van der Waals surface area contributed by atoms with Crippen molar-refractivity contribution in [2.75, 3.05) is 18.8 Å². The molecule has 1 aliphatic carbocycles. The van der Waals surface area contributed by atoms with E-state index in [4.69, 9.17) is 5.73 Å². The van der Waals surface area contributed by atoms with Gasteiger partial charge in [-0.25, -0.2) is 0 Å². The number of likely N-dealkylation sites (tertiary alicyclic amines) is 1. The van der Waals surface area contributed by atoms with Gasteiger partial charge in [0.05, 0.1) is 12.5 Å². The Morgan fingerprint density at radius 1 is 1.37 bits per heavy atom. The van der Waals surface area contributed by atoms with Crippen LogP contribution in [0.15, 0.2) is 24.3 Å². The monoisotopic (exact) mass is 260 g/mol. The number of fused-ring (bicyclic) bond motifs is 1. The molecule has 1 aromatic carbocycles. The molecule has 0 bridgehead atoms. The zero-order valence-electron chi connectivity index (χ0n) is 11.0. The molecule has 0 radical (unpaired) electrons. The molecule has 1 saturated heterocycles. The van der Waals surface area contributed by atoms with Crippen molar-refractivity contribution in [1.29, 1.82) is 0 Å². The molecule has 1 aliphatic heterocycles. The van der Waals surface area contributed by atoms with E-state index in [1.807, 2.05) is 29.2 Å². The van der Waals surface area contributed by atoms with Crippen molar-refractivity contribution in [1.82, 2.24) is 4.90 Å². The van der Waals surface area contributed by atoms with Gasteiger partial charge in [-0.3, -0.25) is 4.79 Å². The highest BCUT2D eigenvalue weighted by Crippen LogP contribution is 2.38. The molecule has 4 heteroatoms. The van der Waals surface area contributed by atoms with Gasteiger partial charge in [0.15, 0.2) is 0 Å². The summed E-state index contributed by atoms with van der Waals surface area (Å²) in [6.07, 6.45) is 2.14. The molecule has 2 aliphatic rings. The van der Waals surface area contributed by atoms with Crippen LogP contribution in [0.3, 0.4) is 0 Å². The Kier molecular flexibility index (Phi) is 3.19. The summed E-state index contributed by atoms with van der Waals surface area (Å²) in [4.78, 5) is 14.2. The van der Waals surface area contributed by atoms with E-state index in [2.05, 4.69) is 0 Å². The van der Waals surface area contributed by atoms with E-state index in [0.717, 1.165) is 24.9 Å². The summed E-state index contributed by atoms with van der Waals surface area (Å²) in [5.41, 5.74) is 7.38. The SMILES string of the molecule is Nc1cccc(CC(=O)N2CC3CCC(O)C3C2)c1. The van der Waals surface area contributed by atoms with Gasteiger partial charge in [-0.05, 0) is 36.5 Å². The van der Waals surface area contributed by atoms with Crippen LogP contribution >= 0.6 is 0 Å². The number of hydrogen-bond donors (Lipinski definition) is 2. The molecule has 2 fully saturated rings. The molecule has 102 valence electrons. The van der Waals surface area contributed by atoms with Gasteiger partial charge in [0, 0.05) is 24.7 Å². The average Bonchev–Trinajstić information content (AvgIpc) is 2.92. The Morgan fingerprint density at radius 3 is 2.95 bits per heavy atom. The van der Waals surface area contributed by atoms with Crippen LogP contribution in [0.4, 0.5) is 5.69 Å². The minimum atomic E-state index is -0.213. The molecule has 3 N–H and O–H groups in total. The number of nitrogen functional groups attached to an aromatic ring is 1. The van der Waals surface area contributed by atoms with Crippen molar-refractivity contribution >= 4 is 11.6 Å². The van der Waals surface area contributed by atoms with Gasteiger partial charge in [-0.2, -0.15) is 0 Å². The summed E-state index contributed by atoms with van der Waals surface area (Å²) in [5, 5.41) is 9.87. The number of carbonyl (C=O) groups is 1. The zero-order chi connectivity index (χ0) is 13.4. The van der Waals surface area contributed by atoms with Crippen molar-refractivity contribution < 1.29 is 9.90 Å². The van der Waals surface area contributed by atoms with E-state index < -0.39 is 0 Å². The normalized spacial score (nSPS) is 29.5. The molecule has 3 rings (SSSR count). The quantitative estimate of drug-likeness (QED) is 0.781. The number of rotatable bonds is 2. The molecular formula is C15H20N2O2. The maximum atomic E-state index is 12.3. The summed E-state index contributed by atoms with van der Waals surface area (Å²) < 4.78 is 0. The Labute approximate surface area is 113 Å². The smallest absolute Gasteiger partial charge is 0.227 e. The second kappa shape index (κ2) is 4.85. The fraction of sp³-hybridized carbons (Fsp3) is 0.533. The standard InChI is InChI=1S/C15H20N2O2/c16-12-3-1-2-10(6-12)7-15(19)17-8-11-4-5-14(18)13(11)9-17/h1-3,6,11,13-14,18H,4-5,7-9,16H2. The lowest BCUT2D eigenvalue weighted by Gasteiger charge is -2.18. The molecule has 1 heterocycles. The van der Waals surface area contributed by atoms with Crippen LogP contribution in [0.25, 0.3) is 0 Å². The highest BCUT2D eigenvalue weighted by molar-refractivity contribution is 5.79. The predicted molar refractivity (Wildman–Crippen MR) is 73.4 cm³/mol. The molecule has 0 aromatic heterocycles. The van der Waals surface area contributed by atoms with Crippen molar-refractivity contribution in [3.05, 3.63) is 29.8 Å². The highest BCUT2D eigenvalue weighted by atomic mass is 16.3. The first-order valence-electron chi connectivity index (χ1n) is 6.94. The van der Waals surface area contributed by atoms with Gasteiger partial charge in [0.25, 0.3) is 0 Å². The van der Waals surface area contributed by atoms with E-state index >= 15 is 0 Å². The zero-order valence-corrected chi connectivity index (χ0v) is 11.0. The van der Waals surface area contributed by atoms with Gasteiger partial charge in [-0.1, -0.05) is 12.1 Å². The van der Waals surface area contributed by atoms with Crippen LogP contribution in [0.5, 0.6) is 0 Å². The average molecular weight is 260 g/mol. The van der Waals surface area contributed by atoms with Crippen molar-refractivity contribution in [3.63, 3.8) is 0 Å². The van der Waals surface area contributed by atoms with Crippen molar-refractivity contribution in [3.8, 4) is 0 Å². The Bertz CT molecular complexity index is 489. The molecule has 1 aromatic rings. The molecule has 1 saturated carbocycles. The number of hydrogen-bond acceptors (Lipinski definition) is 3. The molecule has 3 unspecified atom stereocenters. The molecule has 19 heavy (non-hydrogen) atoms. The Balaban J connectivity index is 1.63.